The molecule has 0 spiro atoms. The summed E-state index contributed by atoms with van der Waals surface area (Å²) >= 11 is 0. The van der Waals surface area contributed by atoms with Gasteiger partial charge in [-0.2, -0.15) is 0 Å². The number of hydrogen-bond acceptors (Lipinski definition) is 5. The van der Waals surface area contributed by atoms with Crippen molar-refractivity contribution in [2.75, 3.05) is 19.5 Å². The molecule has 0 aromatic heterocycles. The topological polar surface area (TPSA) is 84.9 Å². The third kappa shape index (κ3) is 3.44. The molecule has 2 aromatic rings. The number of carbonyl (C=O) groups is 3. The van der Waals surface area contributed by atoms with Crippen molar-refractivity contribution in [3.8, 4) is 11.5 Å². The van der Waals surface area contributed by atoms with Crippen LogP contribution in [0.3, 0.4) is 0 Å². The maximum Gasteiger partial charge on any atom is 0.248 e. The van der Waals surface area contributed by atoms with Crippen LogP contribution in [0.1, 0.15) is 12.0 Å². The second kappa shape index (κ2) is 8.26. The molecule has 4 aliphatic carbocycles. The van der Waals surface area contributed by atoms with Gasteiger partial charge in [-0.25, -0.2) is 0 Å². The van der Waals surface area contributed by atoms with E-state index in [-0.39, 0.29) is 41.9 Å². The number of hydrogen-bond donors (Lipinski definition) is 1. The smallest absolute Gasteiger partial charge is 0.248 e. The normalized spacial score (nSPS) is 30.5. The lowest BCUT2D eigenvalue weighted by molar-refractivity contribution is -0.146. The molecule has 1 heterocycles. The monoisotopic (exact) mass is 472 g/mol. The highest BCUT2D eigenvalue weighted by Crippen LogP contribution is 2.65. The Morgan fingerprint density at radius 2 is 1.63 bits per heavy atom. The zero-order valence-corrected chi connectivity index (χ0v) is 19.7. The van der Waals surface area contributed by atoms with Crippen molar-refractivity contribution in [3.63, 3.8) is 0 Å². The van der Waals surface area contributed by atoms with Crippen LogP contribution in [0.5, 0.6) is 11.5 Å². The number of imide groups is 1. The van der Waals surface area contributed by atoms with Crippen molar-refractivity contribution in [1.29, 1.82) is 0 Å². The summed E-state index contributed by atoms with van der Waals surface area (Å²) in [6, 6.07) is 13.6. The number of nitrogens with zero attached hydrogens (tertiary/aromatic N) is 1. The number of benzene rings is 2. The molecular weight excluding hydrogens is 444 g/mol. The van der Waals surface area contributed by atoms with Crippen molar-refractivity contribution in [2.45, 2.75) is 18.9 Å². The molecule has 7 heteroatoms. The van der Waals surface area contributed by atoms with E-state index in [2.05, 4.69) is 17.5 Å². The minimum atomic E-state index is -0.953. The van der Waals surface area contributed by atoms with E-state index in [4.69, 9.17) is 9.47 Å². The highest BCUT2D eigenvalue weighted by Gasteiger charge is 2.67. The van der Waals surface area contributed by atoms with E-state index in [1.54, 1.807) is 25.3 Å². The summed E-state index contributed by atoms with van der Waals surface area (Å²) in [5.74, 6) is 0.749. The maximum atomic E-state index is 13.7. The average molecular weight is 473 g/mol. The molecule has 0 unspecified atom stereocenters. The molecule has 180 valence electrons. The molecule has 7 rings (SSSR count). The number of amides is 3. The summed E-state index contributed by atoms with van der Waals surface area (Å²) in [5.41, 5.74) is 1.34. The first kappa shape index (κ1) is 21.9. The second-order valence-corrected chi connectivity index (χ2v) is 9.96. The van der Waals surface area contributed by atoms with Crippen LogP contribution >= 0.6 is 0 Å². The summed E-state index contributed by atoms with van der Waals surface area (Å²) in [5, 5.41) is 2.91. The highest BCUT2D eigenvalue weighted by atomic mass is 16.5. The Labute approximate surface area is 204 Å². The van der Waals surface area contributed by atoms with E-state index in [0.717, 1.165) is 12.0 Å². The Morgan fingerprint density at radius 3 is 2.23 bits per heavy atom. The fraction of sp³-hybridized carbons (Fsp3) is 0.393. The zero-order valence-electron chi connectivity index (χ0n) is 19.7. The van der Waals surface area contributed by atoms with Crippen LogP contribution in [0.4, 0.5) is 5.69 Å². The average Bonchev–Trinajstić information content (AvgIpc) is 3.67. The van der Waals surface area contributed by atoms with E-state index in [1.165, 1.54) is 12.0 Å². The van der Waals surface area contributed by atoms with Crippen LogP contribution in [0, 0.1) is 35.5 Å². The summed E-state index contributed by atoms with van der Waals surface area (Å²) in [7, 11) is 3.07. The quantitative estimate of drug-likeness (QED) is 0.494. The SMILES string of the molecule is COc1ccc(NC(=O)[C@@H](Cc2ccccc2)N2C(=O)[C@@H]3[C@@H]4C=C[C@H]([C@H]5C[C@H]45)[C@@H]3C2=O)c(OC)c1. The Morgan fingerprint density at radius 1 is 0.971 bits per heavy atom. The van der Waals surface area contributed by atoms with Gasteiger partial charge in [-0.15, -0.1) is 0 Å². The number of carbonyl (C=O) groups excluding carboxylic acids is 3. The molecular formula is C28H28N2O5. The minimum absolute atomic E-state index is 0.110. The van der Waals surface area contributed by atoms with Crippen molar-refractivity contribution < 1.29 is 23.9 Å². The number of ether oxygens (including phenoxy) is 2. The van der Waals surface area contributed by atoms with Gasteiger partial charge in [-0.05, 0) is 47.8 Å². The number of anilines is 1. The summed E-state index contributed by atoms with van der Waals surface area (Å²) in [6.45, 7) is 0. The summed E-state index contributed by atoms with van der Waals surface area (Å²) in [6.07, 6.45) is 5.63. The van der Waals surface area contributed by atoms with Gasteiger partial charge in [0.15, 0.2) is 0 Å². The van der Waals surface area contributed by atoms with Crippen LogP contribution in [0.15, 0.2) is 60.7 Å². The van der Waals surface area contributed by atoms with Gasteiger partial charge < -0.3 is 14.8 Å². The van der Waals surface area contributed by atoms with E-state index >= 15 is 0 Å². The fourth-order valence-electron chi connectivity index (χ4n) is 6.54. The molecule has 5 aliphatic rings. The number of nitrogens with one attached hydrogen (secondary N) is 1. The molecule has 2 aromatic carbocycles. The molecule has 2 bridgehead atoms. The van der Waals surface area contributed by atoms with Gasteiger partial charge in [0.2, 0.25) is 17.7 Å². The zero-order chi connectivity index (χ0) is 24.3. The van der Waals surface area contributed by atoms with Crippen LogP contribution in [0.25, 0.3) is 0 Å². The molecule has 7 nitrogen and oxygen atoms in total. The van der Waals surface area contributed by atoms with Crippen LogP contribution in [0.2, 0.25) is 0 Å². The lowest BCUT2D eigenvalue weighted by Crippen LogP contribution is -2.49. The minimum Gasteiger partial charge on any atom is -0.497 e. The second-order valence-electron chi connectivity index (χ2n) is 9.96. The number of allylic oxidation sites excluding steroid dienone is 2. The molecule has 2 saturated carbocycles. The van der Waals surface area contributed by atoms with Gasteiger partial charge in [-0.1, -0.05) is 42.5 Å². The number of methoxy groups -OCH3 is 2. The predicted molar refractivity (Wildman–Crippen MR) is 129 cm³/mol. The maximum absolute atomic E-state index is 13.7. The fourth-order valence-corrected chi connectivity index (χ4v) is 6.54. The lowest BCUT2D eigenvalue weighted by atomic mass is 9.63. The van der Waals surface area contributed by atoms with Gasteiger partial charge in [0.1, 0.15) is 17.5 Å². The van der Waals surface area contributed by atoms with E-state index in [9.17, 15) is 14.4 Å². The molecule has 7 atom stereocenters. The van der Waals surface area contributed by atoms with E-state index in [1.807, 2.05) is 30.3 Å². The highest BCUT2D eigenvalue weighted by molar-refractivity contribution is 6.11. The van der Waals surface area contributed by atoms with Gasteiger partial charge in [0.05, 0.1) is 31.7 Å². The first-order valence-corrected chi connectivity index (χ1v) is 12.1. The molecule has 1 N–H and O–H groups in total. The van der Waals surface area contributed by atoms with Gasteiger partial charge in [0, 0.05) is 12.5 Å². The molecule has 1 saturated heterocycles. The van der Waals surface area contributed by atoms with Crippen molar-refractivity contribution in [3.05, 3.63) is 66.2 Å². The Balaban J connectivity index is 1.33. The molecule has 0 radical (unpaired) electrons. The largest absolute Gasteiger partial charge is 0.497 e. The van der Waals surface area contributed by atoms with Gasteiger partial charge >= 0.3 is 0 Å². The summed E-state index contributed by atoms with van der Waals surface area (Å²) < 4.78 is 10.7. The Bertz CT molecular complexity index is 1190. The van der Waals surface area contributed by atoms with Gasteiger partial charge in [0.25, 0.3) is 0 Å². The standard InChI is InChI=1S/C28H28N2O5/c1-34-16-8-11-21(23(13-16)35-2)29-26(31)22(12-15-6-4-3-5-7-15)30-27(32)24-17-9-10-18(20-14-19(17)20)25(24)28(30)33/h3-11,13,17-20,22,24-25H,12,14H2,1-2H3,(H,29,31)/t17-,18-,19-,20-,22-,24-,25+/m1/s1. The van der Waals surface area contributed by atoms with E-state index < -0.39 is 11.9 Å². The first-order valence-electron chi connectivity index (χ1n) is 12.1. The lowest BCUT2D eigenvalue weighted by Gasteiger charge is -2.37. The van der Waals surface area contributed by atoms with E-state index in [0.29, 0.717) is 29.0 Å². The van der Waals surface area contributed by atoms with Crippen molar-refractivity contribution in [1.82, 2.24) is 4.90 Å². The predicted octanol–water partition coefficient (Wildman–Crippen LogP) is 3.31. The van der Waals surface area contributed by atoms with Crippen LogP contribution in [-0.2, 0) is 20.8 Å². The summed E-state index contributed by atoms with van der Waals surface area (Å²) in [4.78, 5) is 42.5. The number of rotatable bonds is 7. The molecule has 35 heavy (non-hydrogen) atoms. The molecule has 3 fully saturated rings. The Kier molecular flexibility index (Phi) is 5.16. The van der Waals surface area contributed by atoms with Crippen molar-refractivity contribution in [2.24, 2.45) is 35.5 Å². The first-order chi connectivity index (χ1) is 17.0. The number of likely N-dealkylation sites (tertiary alicyclic amines) is 1. The Hall–Kier alpha value is -3.61. The van der Waals surface area contributed by atoms with Gasteiger partial charge in [-0.3, -0.25) is 19.3 Å². The third-order valence-corrected chi connectivity index (χ3v) is 8.25. The third-order valence-electron chi connectivity index (χ3n) is 8.25. The van der Waals surface area contributed by atoms with Crippen LogP contribution < -0.4 is 14.8 Å². The molecule has 3 amide bonds. The van der Waals surface area contributed by atoms with Crippen molar-refractivity contribution >= 4 is 23.4 Å². The van der Waals surface area contributed by atoms with Crippen LogP contribution in [-0.4, -0.2) is 42.9 Å². The molecule has 1 aliphatic heterocycles.